The third-order valence-electron chi connectivity index (χ3n) is 3.48. The average Bonchev–Trinajstić information content (AvgIpc) is 3.10. The Morgan fingerprint density at radius 1 is 1.57 bits per heavy atom. The molecule has 0 bridgehead atoms. The van der Waals surface area contributed by atoms with Gasteiger partial charge in [-0.15, -0.1) is 11.3 Å². The molecule has 116 valence electrons. The lowest BCUT2D eigenvalue weighted by molar-refractivity contribution is 0.0234. The van der Waals surface area contributed by atoms with Crippen LogP contribution in [0.4, 0.5) is 0 Å². The summed E-state index contributed by atoms with van der Waals surface area (Å²) in [5.74, 6) is 0.944. The van der Waals surface area contributed by atoms with Gasteiger partial charge in [-0.05, 0) is 18.4 Å². The van der Waals surface area contributed by atoms with Crippen molar-refractivity contribution in [3.63, 3.8) is 0 Å². The summed E-state index contributed by atoms with van der Waals surface area (Å²) >= 11 is 1.68. The maximum atomic E-state index is 10.4. The fraction of sp³-hybridized carbons (Fsp3) is 0.533. The van der Waals surface area contributed by atoms with Crippen molar-refractivity contribution in [2.24, 2.45) is 7.05 Å². The van der Waals surface area contributed by atoms with E-state index in [4.69, 9.17) is 4.74 Å². The van der Waals surface area contributed by atoms with Crippen molar-refractivity contribution >= 4 is 11.3 Å². The van der Waals surface area contributed by atoms with Crippen LogP contribution in [0.3, 0.4) is 0 Å². The van der Waals surface area contributed by atoms with Crippen LogP contribution in [-0.4, -0.2) is 40.5 Å². The third kappa shape index (κ3) is 4.38. The molecule has 2 aromatic heterocycles. The minimum absolute atomic E-state index is 0.0148. The predicted molar refractivity (Wildman–Crippen MR) is 84.5 cm³/mol. The van der Waals surface area contributed by atoms with Crippen molar-refractivity contribution in [2.75, 3.05) is 20.3 Å². The number of thiophene rings is 1. The number of imidazole rings is 1. The van der Waals surface area contributed by atoms with Gasteiger partial charge >= 0.3 is 0 Å². The van der Waals surface area contributed by atoms with Gasteiger partial charge in [0.05, 0.1) is 5.60 Å². The van der Waals surface area contributed by atoms with Gasteiger partial charge < -0.3 is 19.7 Å². The van der Waals surface area contributed by atoms with Crippen LogP contribution < -0.4 is 5.32 Å². The molecule has 0 fully saturated rings. The first kappa shape index (κ1) is 16.2. The highest BCUT2D eigenvalue weighted by atomic mass is 32.1. The topological polar surface area (TPSA) is 59.3 Å². The van der Waals surface area contributed by atoms with Gasteiger partial charge in [-0.2, -0.15) is 0 Å². The molecule has 2 atom stereocenters. The van der Waals surface area contributed by atoms with E-state index in [0.29, 0.717) is 19.6 Å². The van der Waals surface area contributed by atoms with Crippen LogP contribution in [-0.2, 0) is 11.8 Å². The van der Waals surface area contributed by atoms with Crippen LogP contribution in [0.5, 0.6) is 0 Å². The number of aromatic nitrogens is 2. The molecule has 0 aliphatic rings. The second-order valence-corrected chi connectivity index (χ2v) is 6.44. The van der Waals surface area contributed by atoms with E-state index in [-0.39, 0.29) is 6.04 Å². The molecule has 2 unspecified atom stereocenters. The second-order valence-electron chi connectivity index (χ2n) is 5.47. The maximum Gasteiger partial charge on any atom is 0.131 e. The van der Waals surface area contributed by atoms with Crippen molar-refractivity contribution in [1.82, 2.24) is 14.9 Å². The molecule has 0 aliphatic carbocycles. The van der Waals surface area contributed by atoms with Gasteiger partial charge in [0.15, 0.2) is 0 Å². The summed E-state index contributed by atoms with van der Waals surface area (Å²) in [4.78, 5) is 5.62. The Morgan fingerprint density at radius 3 is 2.95 bits per heavy atom. The zero-order valence-corrected chi connectivity index (χ0v) is 13.6. The van der Waals surface area contributed by atoms with Crippen LogP contribution in [0.25, 0.3) is 0 Å². The highest BCUT2D eigenvalue weighted by Gasteiger charge is 2.25. The highest BCUT2D eigenvalue weighted by molar-refractivity contribution is 7.10. The van der Waals surface area contributed by atoms with Crippen LogP contribution in [0.15, 0.2) is 29.9 Å². The smallest absolute Gasteiger partial charge is 0.131 e. The maximum absolute atomic E-state index is 10.4. The molecule has 0 spiro atoms. The van der Waals surface area contributed by atoms with Gasteiger partial charge in [0.25, 0.3) is 0 Å². The zero-order valence-electron chi connectivity index (χ0n) is 12.7. The number of aliphatic hydroxyl groups is 1. The van der Waals surface area contributed by atoms with E-state index in [1.165, 1.54) is 4.88 Å². The number of nitrogens with zero attached hydrogens (tertiary/aromatic N) is 2. The van der Waals surface area contributed by atoms with E-state index >= 15 is 0 Å². The molecule has 0 aromatic carbocycles. The molecule has 0 saturated carbocycles. The standard InChI is InChI=1S/C15H23N3O2S/c1-15(19,6-9-20-3)11-17-13(12-5-4-10-21-12)14-16-7-8-18(14)2/h4-5,7-8,10,13,17,19H,6,9,11H2,1-3H3. The first-order chi connectivity index (χ1) is 10.0. The summed E-state index contributed by atoms with van der Waals surface area (Å²) in [6.07, 6.45) is 4.32. The minimum Gasteiger partial charge on any atom is -0.389 e. The molecule has 2 N–H and O–H groups in total. The van der Waals surface area contributed by atoms with Gasteiger partial charge in [0.1, 0.15) is 11.9 Å². The molecule has 0 amide bonds. The van der Waals surface area contributed by atoms with Gasteiger partial charge in [-0.3, -0.25) is 0 Å². The molecular weight excluding hydrogens is 286 g/mol. The molecule has 2 rings (SSSR count). The lowest BCUT2D eigenvalue weighted by Crippen LogP contribution is -2.41. The molecular formula is C15H23N3O2S. The monoisotopic (exact) mass is 309 g/mol. The summed E-state index contributed by atoms with van der Waals surface area (Å²) in [6, 6.07) is 4.10. The Kier molecular flexibility index (Phi) is 5.52. The van der Waals surface area contributed by atoms with Crippen molar-refractivity contribution in [2.45, 2.75) is 25.0 Å². The van der Waals surface area contributed by atoms with Gasteiger partial charge in [-0.25, -0.2) is 4.98 Å². The number of hydrogen-bond acceptors (Lipinski definition) is 5. The number of aryl methyl sites for hydroxylation is 1. The van der Waals surface area contributed by atoms with Crippen LogP contribution in [0, 0.1) is 0 Å². The van der Waals surface area contributed by atoms with Crippen molar-refractivity contribution < 1.29 is 9.84 Å². The molecule has 6 heteroatoms. The fourth-order valence-electron chi connectivity index (χ4n) is 2.16. The fourth-order valence-corrected chi connectivity index (χ4v) is 2.96. The van der Waals surface area contributed by atoms with Crippen LogP contribution >= 0.6 is 11.3 Å². The van der Waals surface area contributed by atoms with Crippen molar-refractivity contribution in [1.29, 1.82) is 0 Å². The first-order valence-corrected chi connectivity index (χ1v) is 7.87. The number of rotatable bonds is 8. The molecule has 2 aromatic rings. The van der Waals surface area contributed by atoms with Crippen molar-refractivity contribution in [3.8, 4) is 0 Å². The summed E-state index contributed by atoms with van der Waals surface area (Å²) in [7, 11) is 3.62. The molecule has 21 heavy (non-hydrogen) atoms. The number of ether oxygens (including phenoxy) is 1. The van der Waals surface area contributed by atoms with Gasteiger partial charge in [0.2, 0.25) is 0 Å². The normalized spacial score (nSPS) is 15.8. The third-order valence-corrected chi connectivity index (χ3v) is 4.41. The lowest BCUT2D eigenvalue weighted by Gasteiger charge is -2.26. The Hall–Kier alpha value is -1.21. The molecule has 0 aliphatic heterocycles. The number of methoxy groups -OCH3 is 1. The molecule has 0 saturated heterocycles. The summed E-state index contributed by atoms with van der Waals surface area (Å²) in [6.45, 7) is 2.84. The minimum atomic E-state index is -0.809. The number of hydrogen-bond donors (Lipinski definition) is 2. The van der Waals surface area contributed by atoms with E-state index in [9.17, 15) is 5.11 Å². The molecule has 2 heterocycles. The van der Waals surface area contributed by atoms with E-state index < -0.39 is 5.60 Å². The van der Waals surface area contributed by atoms with Crippen LogP contribution in [0.2, 0.25) is 0 Å². The summed E-state index contributed by atoms with van der Waals surface area (Å²) < 4.78 is 7.05. The summed E-state index contributed by atoms with van der Waals surface area (Å²) in [5, 5.41) is 15.9. The number of nitrogens with one attached hydrogen (secondary N) is 1. The van der Waals surface area contributed by atoms with Gasteiger partial charge in [-0.1, -0.05) is 6.07 Å². The predicted octanol–water partition coefficient (Wildman–Crippen LogP) is 1.95. The van der Waals surface area contributed by atoms with Gasteiger partial charge in [0, 0.05) is 51.0 Å². The Morgan fingerprint density at radius 2 is 2.38 bits per heavy atom. The Bertz CT molecular complexity index is 537. The Balaban J connectivity index is 2.09. The average molecular weight is 309 g/mol. The molecule has 0 radical (unpaired) electrons. The SMILES string of the molecule is COCCC(C)(O)CNC(c1cccs1)c1nccn1C. The first-order valence-electron chi connectivity index (χ1n) is 6.99. The van der Waals surface area contributed by atoms with E-state index in [0.717, 1.165) is 5.82 Å². The zero-order chi connectivity index (χ0) is 15.3. The second kappa shape index (κ2) is 7.17. The molecule has 5 nitrogen and oxygen atoms in total. The lowest BCUT2D eigenvalue weighted by atomic mass is 10.0. The quantitative estimate of drug-likeness (QED) is 0.782. The Labute approximate surface area is 129 Å². The largest absolute Gasteiger partial charge is 0.389 e. The van der Waals surface area contributed by atoms with E-state index in [1.54, 1.807) is 24.6 Å². The highest BCUT2D eigenvalue weighted by Crippen LogP contribution is 2.25. The van der Waals surface area contributed by atoms with Crippen molar-refractivity contribution in [3.05, 3.63) is 40.6 Å². The van der Waals surface area contributed by atoms with Crippen LogP contribution in [0.1, 0.15) is 30.1 Å². The summed E-state index contributed by atoms with van der Waals surface area (Å²) in [5.41, 5.74) is -0.809. The van der Waals surface area contributed by atoms with E-state index in [1.807, 2.05) is 30.8 Å². The van der Waals surface area contributed by atoms with E-state index in [2.05, 4.69) is 21.7 Å².